The maximum atomic E-state index is 11.1. The van der Waals surface area contributed by atoms with Gasteiger partial charge in [-0.2, -0.15) is 0 Å². The third-order valence-corrected chi connectivity index (χ3v) is 4.52. The number of hydrogen-bond acceptors (Lipinski definition) is 5. The van der Waals surface area contributed by atoms with Crippen LogP contribution >= 0.6 is 11.6 Å². The molecule has 4 rings (SSSR count). The molecule has 4 aromatic rings. The Morgan fingerprint density at radius 3 is 2.69 bits per heavy atom. The van der Waals surface area contributed by atoms with E-state index in [0.717, 1.165) is 11.0 Å². The van der Waals surface area contributed by atoms with E-state index in [1.54, 1.807) is 36.4 Å². The molecule has 8 heteroatoms. The van der Waals surface area contributed by atoms with Crippen LogP contribution in [0, 0.1) is 0 Å². The third-order valence-electron chi connectivity index (χ3n) is 4.31. The van der Waals surface area contributed by atoms with E-state index in [0.29, 0.717) is 28.4 Å². The van der Waals surface area contributed by atoms with Crippen molar-refractivity contribution >= 4 is 28.6 Å². The van der Waals surface area contributed by atoms with Gasteiger partial charge in [-0.25, -0.2) is 14.8 Å². The minimum absolute atomic E-state index is 0.170. The van der Waals surface area contributed by atoms with Gasteiger partial charge >= 0.3 is 5.97 Å². The maximum absolute atomic E-state index is 11.1. The molecule has 0 spiro atoms. The number of pyridine rings is 1. The molecule has 0 unspecified atom stereocenters. The van der Waals surface area contributed by atoms with Crippen LogP contribution in [-0.2, 0) is 13.7 Å². The number of imidazole rings is 1. The molecule has 0 atom stereocenters. The summed E-state index contributed by atoms with van der Waals surface area (Å²) in [6.45, 7) is 0.195. The van der Waals surface area contributed by atoms with Crippen LogP contribution in [0.2, 0.25) is 5.15 Å². The van der Waals surface area contributed by atoms with Gasteiger partial charge in [0, 0.05) is 19.2 Å². The Labute approximate surface area is 171 Å². The number of rotatable bonds is 6. The Hall–Kier alpha value is -3.58. The predicted molar refractivity (Wildman–Crippen MR) is 108 cm³/mol. The Kier molecular flexibility index (Phi) is 5.05. The number of ether oxygens (including phenoxy) is 2. The monoisotopic (exact) mass is 409 g/mol. The fourth-order valence-corrected chi connectivity index (χ4v) is 3.00. The van der Waals surface area contributed by atoms with Crippen LogP contribution in [0.3, 0.4) is 0 Å². The number of benzene rings is 2. The Morgan fingerprint density at radius 1 is 1.07 bits per heavy atom. The lowest BCUT2D eigenvalue weighted by atomic mass is 10.2. The van der Waals surface area contributed by atoms with Gasteiger partial charge in [0.15, 0.2) is 0 Å². The Balaban J connectivity index is 1.54. The van der Waals surface area contributed by atoms with Gasteiger partial charge in [-0.15, -0.1) is 0 Å². The van der Waals surface area contributed by atoms with E-state index in [1.807, 2.05) is 23.7 Å². The highest BCUT2D eigenvalue weighted by Crippen LogP contribution is 2.26. The van der Waals surface area contributed by atoms with Crippen LogP contribution in [0.1, 0.15) is 16.2 Å². The van der Waals surface area contributed by atoms with Crippen molar-refractivity contribution in [2.75, 3.05) is 0 Å². The summed E-state index contributed by atoms with van der Waals surface area (Å²) in [6.07, 6.45) is 0. The highest BCUT2D eigenvalue weighted by atomic mass is 35.5. The second kappa shape index (κ2) is 7.81. The van der Waals surface area contributed by atoms with Gasteiger partial charge in [0.05, 0.1) is 16.6 Å². The summed E-state index contributed by atoms with van der Waals surface area (Å²) in [7, 11) is 1.88. The summed E-state index contributed by atoms with van der Waals surface area (Å²) in [5.74, 6) is 1.17. The van der Waals surface area contributed by atoms with E-state index in [2.05, 4.69) is 9.97 Å². The van der Waals surface area contributed by atoms with Crippen molar-refractivity contribution in [2.24, 2.45) is 7.05 Å². The van der Waals surface area contributed by atoms with Gasteiger partial charge in [-0.3, -0.25) is 0 Å². The van der Waals surface area contributed by atoms with E-state index in [4.69, 9.17) is 26.2 Å². The fraction of sp³-hybridized carbons (Fsp3) is 0.0952. The van der Waals surface area contributed by atoms with Crippen LogP contribution in [0.5, 0.6) is 17.4 Å². The van der Waals surface area contributed by atoms with Crippen LogP contribution in [0.15, 0.2) is 60.7 Å². The molecule has 0 radical (unpaired) electrons. The number of carboxylic acid groups (broad SMARTS) is 1. The normalized spacial score (nSPS) is 10.8. The zero-order chi connectivity index (χ0) is 20.4. The molecule has 1 N–H and O–H groups in total. The van der Waals surface area contributed by atoms with E-state index < -0.39 is 5.97 Å². The first-order valence-corrected chi connectivity index (χ1v) is 9.09. The maximum Gasteiger partial charge on any atom is 0.335 e. The van der Waals surface area contributed by atoms with Gasteiger partial charge < -0.3 is 19.1 Å². The lowest BCUT2D eigenvalue weighted by Crippen LogP contribution is -2.04. The Bertz CT molecular complexity index is 1210. The molecular formula is C21H16ClN3O4. The van der Waals surface area contributed by atoms with E-state index in [1.165, 1.54) is 12.1 Å². The summed E-state index contributed by atoms with van der Waals surface area (Å²) in [6, 6.07) is 17.0. The molecular weight excluding hydrogens is 394 g/mol. The Morgan fingerprint density at radius 2 is 1.90 bits per heavy atom. The minimum atomic E-state index is -1.00. The molecule has 0 aliphatic heterocycles. The molecule has 2 aromatic carbocycles. The van der Waals surface area contributed by atoms with Crippen molar-refractivity contribution in [3.63, 3.8) is 0 Å². The van der Waals surface area contributed by atoms with Gasteiger partial charge in [0.1, 0.15) is 29.1 Å². The lowest BCUT2D eigenvalue weighted by Gasteiger charge is -2.07. The molecule has 146 valence electrons. The second-order valence-corrected chi connectivity index (χ2v) is 6.65. The molecule has 0 amide bonds. The highest BCUT2D eigenvalue weighted by Gasteiger charge is 2.11. The molecule has 0 fully saturated rings. The van der Waals surface area contributed by atoms with Crippen molar-refractivity contribution in [2.45, 2.75) is 6.61 Å². The van der Waals surface area contributed by atoms with E-state index in [9.17, 15) is 4.79 Å². The fourth-order valence-electron chi connectivity index (χ4n) is 2.85. The van der Waals surface area contributed by atoms with Crippen LogP contribution in [0.25, 0.3) is 11.0 Å². The SMILES string of the molecule is Cn1c(COc2cccc(C(=O)O)c2)nc2ccc(Oc3cccc(Cl)n3)cc21. The number of aromatic carboxylic acids is 1. The van der Waals surface area contributed by atoms with Crippen LogP contribution in [0.4, 0.5) is 0 Å². The largest absolute Gasteiger partial charge is 0.486 e. The summed E-state index contributed by atoms with van der Waals surface area (Å²) >= 11 is 5.90. The standard InChI is InChI=1S/C21H16ClN3O4/c1-25-17-11-15(29-20-7-3-6-18(22)24-20)8-9-16(17)23-19(25)12-28-14-5-2-4-13(10-14)21(26)27/h2-11H,12H2,1H3,(H,26,27). The molecule has 7 nitrogen and oxygen atoms in total. The molecule has 0 bridgehead atoms. The zero-order valence-corrected chi connectivity index (χ0v) is 16.1. The van der Waals surface area contributed by atoms with Crippen molar-refractivity contribution < 1.29 is 19.4 Å². The zero-order valence-electron chi connectivity index (χ0n) is 15.4. The van der Waals surface area contributed by atoms with Crippen LogP contribution in [-0.4, -0.2) is 25.6 Å². The highest BCUT2D eigenvalue weighted by molar-refractivity contribution is 6.29. The molecule has 0 saturated carbocycles. The average Bonchev–Trinajstić information content (AvgIpc) is 3.02. The number of halogens is 1. The molecule has 0 aliphatic rings. The number of carbonyl (C=O) groups is 1. The molecule has 2 heterocycles. The predicted octanol–water partition coefficient (Wildman–Crippen LogP) is 4.69. The number of fused-ring (bicyclic) bond motifs is 1. The first-order chi connectivity index (χ1) is 14.0. The summed E-state index contributed by atoms with van der Waals surface area (Å²) in [4.78, 5) is 19.8. The molecule has 29 heavy (non-hydrogen) atoms. The van der Waals surface area contributed by atoms with Crippen molar-refractivity contribution in [1.29, 1.82) is 0 Å². The summed E-state index contributed by atoms with van der Waals surface area (Å²) in [5, 5.41) is 9.44. The minimum Gasteiger partial charge on any atom is -0.486 e. The lowest BCUT2D eigenvalue weighted by molar-refractivity contribution is 0.0696. The summed E-state index contributed by atoms with van der Waals surface area (Å²) in [5.41, 5.74) is 1.82. The quantitative estimate of drug-likeness (QED) is 0.465. The number of carboxylic acids is 1. The van der Waals surface area contributed by atoms with Gasteiger partial charge in [0.2, 0.25) is 5.88 Å². The number of aryl methyl sites for hydroxylation is 1. The topological polar surface area (TPSA) is 86.5 Å². The number of aromatic nitrogens is 3. The molecule has 0 aliphatic carbocycles. The van der Waals surface area contributed by atoms with Gasteiger partial charge in [0.25, 0.3) is 0 Å². The second-order valence-electron chi connectivity index (χ2n) is 6.26. The first kappa shape index (κ1) is 18.8. The van der Waals surface area contributed by atoms with Crippen molar-refractivity contribution in [1.82, 2.24) is 14.5 Å². The van der Waals surface area contributed by atoms with E-state index >= 15 is 0 Å². The van der Waals surface area contributed by atoms with Gasteiger partial charge in [-0.1, -0.05) is 23.7 Å². The van der Waals surface area contributed by atoms with Crippen LogP contribution < -0.4 is 9.47 Å². The van der Waals surface area contributed by atoms with E-state index in [-0.39, 0.29) is 12.2 Å². The van der Waals surface area contributed by atoms with Crippen molar-refractivity contribution in [3.05, 3.63) is 77.2 Å². The third kappa shape index (κ3) is 4.14. The number of nitrogens with zero attached hydrogens (tertiary/aromatic N) is 3. The smallest absolute Gasteiger partial charge is 0.335 e. The first-order valence-electron chi connectivity index (χ1n) is 8.71. The molecule has 2 aromatic heterocycles. The molecule has 0 saturated heterocycles. The van der Waals surface area contributed by atoms with Gasteiger partial charge in [-0.05, 0) is 36.4 Å². The number of hydrogen-bond donors (Lipinski definition) is 1. The van der Waals surface area contributed by atoms with Crippen molar-refractivity contribution in [3.8, 4) is 17.4 Å². The summed E-state index contributed by atoms with van der Waals surface area (Å²) < 4.78 is 13.4. The average molecular weight is 410 g/mol.